The zero-order chi connectivity index (χ0) is 36.3. The SMILES string of the molecule is C1=c2c(n(-c3ccccc3)c3ccccc23)=CC(c2cccc(-c3ccc(-c4ccc(-c5cnc6c7ccccc7c7ccccc7c6n5)cc4)cc3)c2)C1. The molecule has 1 aliphatic carbocycles. The Hall–Kier alpha value is -7.10. The molecule has 3 nitrogen and oxygen atoms in total. The maximum Gasteiger partial charge on any atom is 0.0979 e. The van der Waals surface area contributed by atoms with Crippen LogP contribution in [0.15, 0.2) is 182 Å². The highest BCUT2D eigenvalue weighted by molar-refractivity contribution is 6.23. The largest absolute Gasteiger partial charge is 0.310 e. The average molecular weight is 702 g/mol. The molecule has 0 saturated carbocycles. The summed E-state index contributed by atoms with van der Waals surface area (Å²) in [7, 11) is 0. The quantitative estimate of drug-likeness (QED) is 0.167. The lowest BCUT2D eigenvalue weighted by Crippen LogP contribution is -2.31. The lowest BCUT2D eigenvalue weighted by Gasteiger charge is -2.16. The van der Waals surface area contributed by atoms with Crippen molar-refractivity contribution in [1.29, 1.82) is 0 Å². The molecule has 0 N–H and O–H groups in total. The van der Waals surface area contributed by atoms with E-state index in [1.165, 1.54) is 65.7 Å². The summed E-state index contributed by atoms with van der Waals surface area (Å²) < 4.78 is 2.42. The van der Waals surface area contributed by atoms with Gasteiger partial charge in [-0.25, -0.2) is 4.98 Å². The fourth-order valence-electron chi connectivity index (χ4n) is 8.65. The average Bonchev–Trinajstić information content (AvgIpc) is 3.60. The highest BCUT2D eigenvalue weighted by Gasteiger charge is 2.18. The van der Waals surface area contributed by atoms with E-state index in [0.29, 0.717) is 5.92 Å². The highest BCUT2D eigenvalue weighted by atomic mass is 15.0. The van der Waals surface area contributed by atoms with E-state index in [1.807, 2.05) is 6.20 Å². The minimum absolute atomic E-state index is 0.294. The van der Waals surface area contributed by atoms with Crippen LogP contribution in [0.2, 0.25) is 0 Å². The molecule has 3 heteroatoms. The molecule has 0 saturated heterocycles. The Kier molecular flexibility index (Phi) is 7.31. The van der Waals surface area contributed by atoms with Crippen LogP contribution in [-0.2, 0) is 0 Å². The molecule has 0 aliphatic heterocycles. The Morgan fingerprint density at radius 2 is 1.05 bits per heavy atom. The zero-order valence-electron chi connectivity index (χ0n) is 30.1. The molecule has 11 rings (SSSR count). The van der Waals surface area contributed by atoms with Gasteiger partial charge in [0.15, 0.2) is 0 Å². The minimum atomic E-state index is 0.294. The molecule has 0 bridgehead atoms. The molecule has 1 unspecified atom stereocenters. The molecule has 8 aromatic carbocycles. The fourth-order valence-corrected chi connectivity index (χ4v) is 8.65. The van der Waals surface area contributed by atoms with Gasteiger partial charge in [-0.05, 0) is 63.2 Å². The lowest BCUT2D eigenvalue weighted by molar-refractivity contribution is 0.904. The molecule has 2 heterocycles. The highest BCUT2D eigenvalue weighted by Crippen LogP contribution is 2.35. The molecule has 0 fully saturated rings. The molecule has 10 aromatic rings. The van der Waals surface area contributed by atoms with Gasteiger partial charge in [0.25, 0.3) is 0 Å². The smallest absolute Gasteiger partial charge is 0.0979 e. The van der Waals surface area contributed by atoms with Gasteiger partial charge < -0.3 is 4.57 Å². The summed E-state index contributed by atoms with van der Waals surface area (Å²) in [6, 6.07) is 63.2. The van der Waals surface area contributed by atoms with Crippen molar-refractivity contribution >= 4 is 55.6 Å². The van der Waals surface area contributed by atoms with Crippen LogP contribution in [0, 0.1) is 0 Å². The summed E-state index contributed by atoms with van der Waals surface area (Å²) in [5.74, 6) is 0.294. The second-order valence-corrected chi connectivity index (χ2v) is 14.5. The van der Waals surface area contributed by atoms with Gasteiger partial charge in [-0.3, -0.25) is 4.98 Å². The van der Waals surface area contributed by atoms with Gasteiger partial charge in [-0.15, -0.1) is 0 Å². The number of benzene rings is 8. The van der Waals surface area contributed by atoms with Crippen molar-refractivity contribution in [2.75, 3.05) is 0 Å². The van der Waals surface area contributed by atoms with Gasteiger partial charge in [-0.2, -0.15) is 0 Å². The van der Waals surface area contributed by atoms with Crippen molar-refractivity contribution in [2.24, 2.45) is 0 Å². The van der Waals surface area contributed by atoms with Crippen molar-refractivity contribution in [3.8, 4) is 39.2 Å². The number of hydrogen-bond donors (Lipinski definition) is 0. The van der Waals surface area contributed by atoms with Gasteiger partial charge in [-0.1, -0.05) is 170 Å². The maximum absolute atomic E-state index is 5.18. The summed E-state index contributed by atoms with van der Waals surface area (Å²) in [5.41, 5.74) is 12.4. The van der Waals surface area contributed by atoms with Crippen LogP contribution in [0.4, 0.5) is 0 Å². The minimum Gasteiger partial charge on any atom is -0.310 e. The predicted molar refractivity (Wildman–Crippen MR) is 230 cm³/mol. The van der Waals surface area contributed by atoms with Crippen LogP contribution < -0.4 is 10.6 Å². The van der Waals surface area contributed by atoms with Gasteiger partial charge in [0.2, 0.25) is 0 Å². The molecule has 55 heavy (non-hydrogen) atoms. The van der Waals surface area contributed by atoms with Crippen LogP contribution in [0.3, 0.4) is 0 Å². The van der Waals surface area contributed by atoms with Gasteiger partial charge >= 0.3 is 0 Å². The third-order valence-electron chi connectivity index (χ3n) is 11.4. The predicted octanol–water partition coefficient (Wildman–Crippen LogP) is 11.6. The summed E-state index contributed by atoms with van der Waals surface area (Å²) in [6.45, 7) is 0. The topological polar surface area (TPSA) is 30.7 Å². The van der Waals surface area contributed by atoms with E-state index >= 15 is 0 Å². The fraction of sp³-hybridized carbons (Fsp3) is 0.0385. The number of fused-ring (bicyclic) bond motifs is 9. The van der Waals surface area contributed by atoms with E-state index in [9.17, 15) is 0 Å². The molecule has 2 aromatic heterocycles. The second-order valence-electron chi connectivity index (χ2n) is 14.5. The molecule has 0 spiro atoms. The maximum atomic E-state index is 5.18. The Labute approximate surface area is 318 Å². The normalized spacial score (nSPS) is 13.9. The molecule has 1 atom stereocenters. The number of hydrogen-bond acceptors (Lipinski definition) is 2. The monoisotopic (exact) mass is 701 g/mol. The van der Waals surface area contributed by atoms with Crippen molar-refractivity contribution in [1.82, 2.24) is 14.5 Å². The first-order valence-electron chi connectivity index (χ1n) is 19.0. The summed E-state index contributed by atoms with van der Waals surface area (Å²) in [5, 5.41) is 8.60. The van der Waals surface area contributed by atoms with Crippen LogP contribution >= 0.6 is 0 Å². The third-order valence-corrected chi connectivity index (χ3v) is 11.4. The molecular formula is C52H35N3. The van der Waals surface area contributed by atoms with E-state index in [-0.39, 0.29) is 0 Å². The molecular weight excluding hydrogens is 667 g/mol. The molecule has 0 radical (unpaired) electrons. The van der Waals surface area contributed by atoms with E-state index in [4.69, 9.17) is 9.97 Å². The Morgan fingerprint density at radius 3 is 1.76 bits per heavy atom. The number of rotatable bonds is 5. The Balaban J connectivity index is 0.884. The van der Waals surface area contributed by atoms with E-state index in [2.05, 4.69) is 193 Å². The first kappa shape index (κ1) is 31.4. The lowest BCUT2D eigenvalue weighted by atomic mass is 9.89. The van der Waals surface area contributed by atoms with Crippen molar-refractivity contribution in [3.63, 3.8) is 0 Å². The molecule has 0 amide bonds. The summed E-state index contributed by atoms with van der Waals surface area (Å²) in [6.07, 6.45) is 7.80. The molecule has 258 valence electrons. The van der Waals surface area contributed by atoms with E-state index in [0.717, 1.165) is 39.5 Å². The van der Waals surface area contributed by atoms with E-state index in [1.54, 1.807) is 0 Å². The van der Waals surface area contributed by atoms with Gasteiger partial charge in [0.1, 0.15) is 0 Å². The Bertz CT molecular complexity index is 3180. The van der Waals surface area contributed by atoms with Gasteiger partial charge in [0, 0.05) is 38.5 Å². The van der Waals surface area contributed by atoms with Crippen molar-refractivity contribution in [2.45, 2.75) is 12.3 Å². The van der Waals surface area contributed by atoms with Crippen LogP contribution in [0.5, 0.6) is 0 Å². The van der Waals surface area contributed by atoms with Crippen LogP contribution in [0.25, 0.3) is 94.8 Å². The molecule has 1 aliphatic rings. The first-order chi connectivity index (χ1) is 27.3. The zero-order valence-corrected chi connectivity index (χ0v) is 30.1. The standard InChI is InChI=1S/C52H35N3/c1-2-13-41(14-3-1)55-49-20-9-8-17-44(49)45-30-29-40(32-50(45)55)39-12-10-11-38(31-39)36-23-21-34(22-24-36)35-25-27-37(28-26-35)48-33-53-51-46-18-6-4-15-42(46)43-16-5-7-19-47(43)52(51)54-48/h1-28,30-33,40H,29H2. The van der Waals surface area contributed by atoms with E-state index < -0.39 is 0 Å². The van der Waals surface area contributed by atoms with Crippen molar-refractivity contribution < 1.29 is 0 Å². The van der Waals surface area contributed by atoms with Crippen LogP contribution in [-0.4, -0.2) is 14.5 Å². The third kappa shape index (κ3) is 5.27. The number of nitrogens with zero attached hydrogens (tertiary/aromatic N) is 3. The summed E-state index contributed by atoms with van der Waals surface area (Å²) in [4.78, 5) is 10.1. The summed E-state index contributed by atoms with van der Waals surface area (Å²) >= 11 is 0. The number of aromatic nitrogens is 3. The van der Waals surface area contributed by atoms with Gasteiger partial charge in [0.05, 0.1) is 33.8 Å². The first-order valence-corrected chi connectivity index (χ1v) is 19.0. The van der Waals surface area contributed by atoms with Crippen LogP contribution in [0.1, 0.15) is 17.9 Å². The Morgan fingerprint density at radius 1 is 0.473 bits per heavy atom. The van der Waals surface area contributed by atoms with Crippen molar-refractivity contribution in [3.05, 3.63) is 198 Å². The number of para-hydroxylation sites is 2. The second kappa shape index (κ2) is 12.8.